The van der Waals surface area contributed by atoms with Crippen LogP contribution in [-0.2, 0) is 0 Å². The molecule has 0 saturated carbocycles. The van der Waals surface area contributed by atoms with Crippen molar-refractivity contribution >= 4 is 10.9 Å². The van der Waals surface area contributed by atoms with Crippen molar-refractivity contribution in [3.63, 3.8) is 0 Å². The lowest BCUT2D eigenvalue weighted by molar-refractivity contribution is 0.0800. The van der Waals surface area contributed by atoms with Gasteiger partial charge in [-0.25, -0.2) is 4.98 Å². The Hall–Kier alpha value is -2.77. The lowest BCUT2D eigenvalue weighted by atomic mass is 10.1. The number of likely N-dealkylation sites (tertiary alicyclic amines) is 1. The number of furan rings is 1. The summed E-state index contributed by atoms with van der Waals surface area (Å²) in [5.74, 6) is 2.67. The monoisotopic (exact) mass is 412 g/mol. The summed E-state index contributed by atoms with van der Waals surface area (Å²) >= 11 is 0. The standard InChI is InChI=1S/C23H28N2O5/c1-27-22-13-17-18(14-23(22)28-2)24-19(20-5-3-11-29-20)15-21(17)30-12-4-8-25-9-6-16(26)7-10-25/h3,5,11,13-16,26H,4,6-10,12H2,1-2H3. The number of piperidine rings is 1. The Balaban J connectivity index is 1.55. The molecule has 0 radical (unpaired) electrons. The fraction of sp³-hybridized carbons (Fsp3) is 0.435. The molecule has 1 aliphatic rings. The van der Waals surface area contributed by atoms with Gasteiger partial charge in [-0.05, 0) is 37.5 Å². The second-order valence-electron chi connectivity index (χ2n) is 7.48. The largest absolute Gasteiger partial charge is 0.493 e. The summed E-state index contributed by atoms with van der Waals surface area (Å²) in [5, 5.41) is 10.5. The van der Waals surface area contributed by atoms with Crippen LogP contribution < -0.4 is 14.2 Å². The Bertz CT molecular complexity index is 965. The first-order chi connectivity index (χ1) is 14.7. The summed E-state index contributed by atoms with van der Waals surface area (Å²) in [7, 11) is 3.22. The van der Waals surface area contributed by atoms with E-state index in [1.165, 1.54) is 0 Å². The molecule has 0 amide bonds. The third kappa shape index (κ3) is 4.52. The van der Waals surface area contributed by atoms with E-state index in [-0.39, 0.29) is 6.10 Å². The van der Waals surface area contributed by atoms with Crippen LogP contribution in [0.1, 0.15) is 19.3 Å². The Kier molecular flexibility index (Phi) is 6.40. The zero-order chi connectivity index (χ0) is 20.9. The van der Waals surface area contributed by atoms with Gasteiger partial charge in [0.1, 0.15) is 11.4 Å². The smallest absolute Gasteiger partial charge is 0.162 e. The van der Waals surface area contributed by atoms with Crippen LogP contribution in [0.25, 0.3) is 22.4 Å². The molecular formula is C23H28N2O5. The fourth-order valence-corrected chi connectivity index (χ4v) is 3.81. The average molecular weight is 412 g/mol. The molecule has 1 aliphatic heterocycles. The fourth-order valence-electron chi connectivity index (χ4n) is 3.81. The molecule has 3 heterocycles. The van der Waals surface area contributed by atoms with Gasteiger partial charge in [0.15, 0.2) is 17.3 Å². The molecule has 0 aliphatic carbocycles. The number of aromatic nitrogens is 1. The highest BCUT2D eigenvalue weighted by Crippen LogP contribution is 2.37. The van der Waals surface area contributed by atoms with Crippen LogP contribution in [0.15, 0.2) is 41.0 Å². The number of ether oxygens (including phenoxy) is 3. The van der Waals surface area contributed by atoms with E-state index >= 15 is 0 Å². The molecule has 7 nitrogen and oxygen atoms in total. The van der Waals surface area contributed by atoms with Crippen LogP contribution >= 0.6 is 0 Å². The predicted octanol–water partition coefficient (Wildman–Crippen LogP) is 3.74. The molecule has 4 rings (SSSR count). The van der Waals surface area contributed by atoms with E-state index in [9.17, 15) is 5.11 Å². The third-order valence-electron chi connectivity index (χ3n) is 5.48. The van der Waals surface area contributed by atoms with Gasteiger partial charge >= 0.3 is 0 Å². The minimum absolute atomic E-state index is 0.146. The topological polar surface area (TPSA) is 77.2 Å². The number of hydrogen-bond acceptors (Lipinski definition) is 7. The molecule has 0 spiro atoms. The number of methoxy groups -OCH3 is 2. The van der Waals surface area contributed by atoms with Crippen LogP contribution in [0.4, 0.5) is 0 Å². The van der Waals surface area contributed by atoms with Gasteiger partial charge < -0.3 is 28.6 Å². The van der Waals surface area contributed by atoms with E-state index in [1.54, 1.807) is 20.5 Å². The lowest BCUT2D eigenvalue weighted by Crippen LogP contribution is -2.36. The van der Waals surface area contributed by atoms with Gasteiger partial charge in [-0.15, -0.1) is 0 Å². The van der Waals surface area contributed by atoms with Gasteiger partial charge in [-0.3, -0.25) is 0 Å². The van der Waals surface area contributed by atoms with E-state index in [0.717, 1.165) is 55.5 Å². The van der Waals surface area contributed by atoms with Crippen molar-refractivity contribution in [3.05, 3.63) is 36.6 Å². The van der Waals surface area contributed by atoms with Crippen molar-refractivity contribution in [1.82, 2.24) is 9.88 Å². The second-order valence-corrected chi connectivity index (χ2v) is 7.48. The van der Waals surface area contributed by atoms with E-state index in [0.29, 0.717) is 29.6 Å². The van der Waals surface area contributed by atoms with E-state index in [4.69, 9.17) is 23.6 Å². The highest BCUT2D eigenvalue weighted by Gasteiger charge is 2.17. The summed E-state index contributed by atoms with van der Waals surface area (Å²) < 4.78 is 22.6. The van der Waals surface area contributed by atoms with Gasteiger partial charge in [-0.2, -0.15) is 0 Å². The molecule has 3 aromatic rings. The maximum absolute atomic E-state index is 9.65. The molecule has 0 unspecified atom stereocenters. The van der Waals surface area contributed by atoms with Crippen LogP contribution in [0.2, 0.25) is 0 Å². The van der Waals surface area contributed by atoms with Gasteiger partial charge in [0.05, 0.1) is 38.7 Å². The Morgan fingerprint density at radius 2 is 1.87 bits per heavy atom. The minimum atomic E-state index is -0.146. The molecule has 0 bridgehead atoms. The molecular weight excluding hydrogens is 384 g/mol. The molecule has 30 heavy (non-hydrogen) atoms. The summed E-state index contributed by atoms with van der Waals surface area (Å²) in [6.45, 7) is 3.43. The number of aliphatic hydroxyl groups excluding tert-OH is 1. The van der Waals surface area contributed by atoms with Crippen LogP contribution in [-0.4, -0.2) is 61.6 Å². The van der Waals surface area contributed by atoms with Gasteiger partial charge in [0.25, 0.3) is 0 Å². The van der Waals surface area contributed by atoms with E-state index < -0.39 is 0 Å². The van der Waals surface area contributed by atoms with Crippen LogP contribution in [0, 0.1) is 0 Å². The maximum Gasteiger partial charge on any atom is 0.162 e. The number of hydrogen-bond donors (Lipinski definition) is 1. The van der Waals surface area contributed by atoms with Gasteiger partial charge in [-0.1, -0.05) is 0 Å². The molecule has 2 aromatic heterocycles. The molecule has 1 N–H and O–H groups in total. The summed E-state index contributed by atoms with van der Waals surface area (Å²) in [5.41, 5.74) is 1.46. The number of nitrogens with zero attached hydrogens (tertiary/aromatic N) is 2. The lowest BCUT2D eigenvalue weighted by Gasteiger charge is -2.29. The SMILES string of the molecule is COc1cc2nc(-c3ccco3)cc(OCCCN3CCC(O)CC3)c2cc1OC. The molecule has 1 saturated heterocycles. The first kappa shape index (κ1) is 20.5. The van der Waals surface area contributed by atoms with Crippen molar-refractivity contribution in [2.24, 2.45) is 0 Å². The first-order valence-corrected chi connectivity index (χ1v) is 10.3. The summed E-state index contributed by atoms with van der Waals surface area (Å²) in [6.07, 6.45) is 4.09. The zero-order valence-corrected chi connectivity index (χ0v) is 17.5. The first-order valence-electron chi connectivity index (χ1n) is 10.3. The Morgan fingerprint density at radius 3 is 2.57 bits per heavy atom. The molecule has 160 valence electrons. The minimum Gasteiger partial charge on any atom is -0.493 e. The molecule has 1 aromatic carbocycles. The number of rotatable bonds is 8. The zero-order valence-electron chi connectivity index (χ0n) is 17.5. The number of pyridine rings is 1. The predicted molar refractivity (Wildman–Crippen MR) is 114 cm³/mol. The quantitative estimate of drug-likeness (QED) is 0.565. The highest BCUT2D eigenvalue weighted by atomic mass is 16.5. The van der Waals surface area contributed by atoms with Crippen molar-refractivity contribution < 1.29 is 23.7 Å². The number of fused-ring (bicyclic) bond motifs is 1. The summed E-state index contributed by atoms with van der Waals surface area (Å²) in [4.78, 5) is 7.11. The van der Waals surface area contributed by atoms with E-state index in [2.05, 4.69) is 4.90 Å². The molecule has 7 heteroatoms. The van der Waals surface area contributed by atoms with Gasteiger partial charge in [0.2, 0.25) is 0 Å². The van der Waals surface area contributed by atoms with Crippen molar-refractivity contribution in [2.75, 3.05) is 40.5 Å². The average Bonchev–Trinajstić information content (AvgIpc) is 3.31. The maximum atomic E-state index is 9.65. The van der Waals surface area contributed by atoms with Gasteiger partial charge in [0, 0.05) is 37.2 Å². The highest BCUT2D eigenvalue weighted by molar-refractivity contribution is 5.90. The number of benzene rings is 1. The Morgan fingerprint density at radius 1 is 1.10 bits per heavy atom. The van der Waals surface area contributed by atoms with Crippen molar-refractivity contribution in [1.29, 1.82) is 0 Å². The van der Waals surface area contributed by atoms with Crippen molar-refractivity contribution in [2.45, 2.75) is 25.4 Å². The molecule has 1 fully saturated rings. The van der Waals surface area contributed by atoms with Crippen molar-refractivity contribution in [3.8, 4) is 28.7 Å². The van der Waals surface area contributed by atoms with Crippen LogP contribution in [0.5, 0.6) is 17.2 Å². The third-order valence-corrected chi connectivity index (χ3v) is 5.48. The summed E-state index contributed by atoms with van der Waals surface area (Å²) in [6, 6.07) is 9.38. The van der Waals surface area contributed by atoms with E-state index in [1.807, 2.05) is 30.3 Å². The van der Waals surface area contributed by atoms with Crippen LogP contribution in [0.3, 0.4) is 0 Å². The number of aliphatic hydroxyl groups is 1. The normalized spacial score (nSPS) is 15.4. The molecule has 0 atom stereocenters. The Labute approximate surface area is 176 Å². The second kappa shape index (κ2) is 9.36.